The summed E-state index contributed by atoms with van der Waals surface area (Å²) in [5, 5.41) is 8.63. The van der Waals surface area contributed by atoms with Crippen LogP contribution in [0.3, 0.4) is 0 Å². The summed E-state index contributed by atoms with van der Waals surface area (Å²) in [6.45, 7) is 4.11. The van der Waals surface area contributed by atoms with Gasteiger partial charge in [0, 0.05) is 49.9 Å². The molecule has 3 aromatic heterocycles. The fourth-order valence-corrected chi connectivity index (χ4v) is 4.71. The van der Waals surface area contributed by atoms with E-state index in [9.17, 15) is 4.79 Å². The van der Waals surface area contributed by atoms with E-state index in [-0.39, 0.29) is 5.56 Å². The minimum Gasteiger partial charge on any atom is -0.369 e. The lowest BCUT2D eigenvalue weighted by atomic mass is 10.2. The second-order valence-corrected chi connectivity index (χ2v) is 9.56. The monoisotopic (exact) mass is 524 g/mol. The van der Waals surface area contributed by atoms with Crippen LogP contribution in [0.25, 0.3) is 28.0 Å². The molecule has 1 N–H and O–H groups in total. The van der Waals surface area contributed by atoms with Crippen molar-refractivity contribution in [2.45, 2.75) is 0 Å². The molecule has 1 aliphatic heterocycles. The molecule has 1 saturated heterocycles. The van der Waals surface area contributed by atoms with E-state index in [1.165, 1.54) is 16.6 Å². The first-order valence-corrected chi connectivity index (χ1v) is 12.7. The Morgan fingerprint density at radius 1 is 0.895 bits per heavy atom. The van der Waals surface area contributed by atoms with Crippen molar-refractivity contribution in [3.05, 3.63) is 94.5 Å². The number of hydrogen-bond acceptors (Lipinski definition) is 8. The predicted molar refractivity (Wildman–Crippen MR) is 151 cm³/mol. The number of halogens is 1. The van der Waals surface area contributed by atoms with Crippen LogP contribution in [-0.2, 0) is 0 Å². The highest BCUT2D eigenvalue weighted by molar-refractivity contribution is 6.32. The van der Waals surface area contributed by atoms with Crippen molar-refractivity contribution in [1.29, 1.82) is 0 Å². The number of fused-ring (bicyclic) bond motifs is 1. The van der Waals surface area contributed by atoms with E-state index in [0.717, 1.165) is 31.9 Å². The minimum absolute atomic E-state index is 0.316. The number of nitrogens with one attached hydrogen (secondary N) is 1. The number of likely N-dealkylation sites (N-methyl/N-ethyl adjacent to an activating group) is 1. The van der Waals surface area contributed by atoms with Crippen LogP contribution in [0.2, 0.25) is 5.02 Å². The van der Waals surface area contributed by atoms with Crippen molar-refractivity contribution < 1.29 is 0 Å². The van der Waals surface area contributed by atoms with Gasteiger partial charge in [0.25, 0.3) is 5.56 Å². The van der Waals surface area contributed by atoms with Crippen molar-refractivity contribution >= 4 is 39.8 Å². The molecule has 9 nitrogen and oxygen atoms in total. The first-order valence-electron chi connectivity index (χ1n) is 12.3. The largest absolute Gasteiger partial charge is 0.369 e. The van der Waals surface area contributed by atoms with Gasteiger partial charge in [0.15, 0.2) is 0 Å². The molecule has 0 radical (unpaired) electrons. The van der Waals surface area contributed by atoms with Crippen LogP contribution in [-0.4, -0.2) is 62.9 Å². The van der Waals surface area contributed by atoms with Crippen molar-refractivity contribution in [2.24, 2.45) is 0 Å². The Kier molecular flexibility index (Phi) is 6.45. The van der Waals surface area contributed by atoms with Crippen LogP contribution in [0.1, 0.15) is 0 Å². The second kappa shape index (κ2) is 10.2. The van der Waals surface area contributed by atoms with Gasteiger partial charge in [-0.15, -0.1) is 0 Å². The molecule has 1 aliphatic rings. The summed E-state index contributed by atoms with van der Waals surface area (Å²) >= 11 is 6.40. The number of pyridine rings is 1. The van der Waals surface area contributed by atoms with E-state index >= 15 is 0 Å². The van der Waals surface area contributed by atoms with Gasteiger partial charge < -0.3 is 15.1 Å². The smallest absolute Gasteiger partial charge is 0.282 e. The average molecular weight is 525 g/mol. The minimum atomic E-state index is -0.365. The molecule has 5 aromatic rings. The van der Waals surface area contributed by atoms with Gasteiger partial charge in [-0.25, -0.2) is 9.97 Å². The summed E-state index contributed by atoms with van der Waals surface area (Å²) in [5.74, 6) is 0.360. The number of benzene rings is 2. The number of piperazine rings is 1. The molecule has 0 amide bonds. The molecule has 38 heavy (non-hydrogen) atoms. The molecule has 2 aromatic carbocycles. The SMILES string of the molecule is CN1CCN(c2ccc(Nc3ncc4c(=O)n(-c5ccccc5Cl)nc(-c5ccccn5)c4n3)cc2)CC1. The molecule has 0 unspecified atom stereocenters. The predicted octanol–water partition coefficient (Wildman–Crippen LogP) is 4.39. The van der Waals surface area contributed by atoms with Gasteiger partial charge in [0.05, 0.1) is 21.8 Å². The molecule has 10 heteroatoms. The van der Waals surface area contributed by atoms with Crippen LogP contribution in [0.4, 0.5) is 17.3 Å². The lowest BCUT2D eigenvalue weighted by Gasteiger charge is -2.34. The molecule has 190 valence electrons. The Bertz CT molecular complexity index is 1650. The van der Waals surface area contributed by atoms with Gasteiger partial charge in [0.1, 0.15) is 11.2 Å². The molecule has 4 heterocycles. The summed E-state index contributed by atoms with van der Waals surface area (Å²) in [4.78, 5) is 31.8. The Hall–Kier alpha value is -4.34. The molecule has 0 spiro atoms. The Labute approximate surface area is 224 Å². The van der Waals surface area contributed by atoms with Gasteiger partial charge in [-0.05, 0) is 55.6 Å². The van der Waals surface area contributed by atoms with Gasteiger partial charge >= 0.3 is 0 Å². The summed E-state index contributed by atoms with van der Waals surface area (Å²) in [7, 11) is 2.15. The normalized spacial score (nSPS) is 14.1. The van der Waals surface area contributed by atoms with Gasteiger partial charge in [-0.2, -0.15) is 9.78 Å². The van der Waals surface area contributed by atoms with Crippen LogP contribution in [0.5, 0.6) is 0 Å². The van der Waals surface area contributed by atoms with Crippen LogP contribution < -0.4 is 15.8 Å². The fourth-order valence-electron chi connectivity index (χ4n) is 4.50. The number of para-hydroxylation sites is 1. The number of nitrogens with zero attached hydrogens (tertiary/aromatic N) is 7. The van der Waals surface area contributed by atoms with Crippen LogP contribution >= 0.6 is 11.6 Å². The average Bonchev–Trinajstić information content (AvgIpc) is 2.95. The Balaban J connectivity index is 1.38. The first kappa shape index (κ1) is 24.0. The van der Waals surface area contributed by atoms with Crippen molar-refractivity contribution in [1.82, 2.24) is 29.6 Å². The maximum atomic E-state index is 13.5. The zero-order valence-corrected chi connectivity index (χ0v) is 21.5. The summed E-state index contributed by atoms with van der Waals surface area (Å²) in [5.41, 5.74) is 3.58. The molecular weight excluding hydrogens is 500 g/mol. The fraction of sp³-hybridized carbons (Fsp3) is 0.179. The van der Waals surface area contributed by atoms with Crippen molar-refractivity contribution in [3.8, 4) is 17.1 Å². The maximum Gasteiger partial charge on any atom is 0.282 e. The topological polar surface area (TPSA) is 92.1 Å². The van der Waals surface area contributed by atoms with Gasteiger partial charge in [0.2, 0.25) is 5.95 Å². The van der Waals surface area contributed by atoms with Gasteiger partial charge in [-0.1, -0.05) is 29.8 Å². The van der Waals surface area contributed by atoms with Crippen molar-refractivity contribution in [3.63, 3.8) is 0 Å². The Morgan fingerprint density at radius 3 is 2.39 bits per heavy atom. The first-order chi connectivity index (χ1) is 18.6. The molecule has 0 aliphatic carbocycles. The van der Waals surface area contributed by atoms with Crippen LogP contribution in [0.15, 0.2) is 83.9 Å². The third kappa shape index (κ3) is 4.69. The molecule has 0 atom stereocenters. The highest BCUT2D eigenvalue weighted by atomic mass is 35.5. The quantitative estimate of drug-likeness (QED) is 0.362. The maximum absolute atomic E-state index is 13.5. The van der Waals surface area contributed by atoms with E-state index in [1.54, 1.807) is 30.5 Å². The van der Waals surface area contributed by atoms with E-state index in [4.69, 9.17) is 16.6 Å². The van der Waals surface area contributed by atoms with Crippen LogP contribution in [0, 0.1) is 0 Å². The summed E-state index contributed by atoms with van der Waals surface area (Å²) in [6, 6.07) is 20.8. The number of aromatic nitrogens is 5. The highest BCUT2D eigenvalue weighted by Crippen LogP contribution is 2.26. The summed E-state index contributed by atoms with van der Waals surface area (Å²) < 4.78 is 1.28. The Morgan fingerprint density at radius 2 is 1.66 bits per heavy atom. The second-order valence-electron chi connectivity index (χ2n) is 9.15. The van der Waals surface area contributed by atoms with Gasteiger partial charge in [-0.3, -0.25) is 9.78 Å². The third-order valence-corrected chi connectivity index (χ3v) is 6.94. The number of rotatable bonds is 5. The van der Waals surface area contributed by atoms with E-state index in [0.29, 0.717) is 38.9 Å². The standard InChI is InChI=1S/C28H25ClN8O/c1-35-14-16-36(17-15-35)20-11-9-19(10-12-20)32-28-31-18-21-25(33-28)26(23-7-4-5-13-30-23)34-37(27(21)38)24-8-3-2-6-22(24)29/h2-13,18H,14-17H2,1H3,(H,31,32,33). The lowest BCUT2D eigenvalue weighted by molar-refractivity contribution is 0.313. The molecular formula is C28H25ClN8O. The lowest BCUT2D eigenvalue weighted by Crippen LogP contribution is -2.44. The van der Waals surface area contributed by atoms with E-state index in [2.05, 4.69) is 49.4 Å². The van der Waals surface area contributed by atoms with Crippen molar-refractivity contribution in [2.75, 3.05) is 43.4 Å². The zero-order chi connectivity index (χ0) is 26.1. The zero-order valence-electron chi connectivity index (χ0n) is 20.8. The molecule has 0 bridgehead atoms. The highest BCUT2D eigenvalue weighted by Gasteiger charge is 2.18. The molecule has 0 saturated carbocycles. The van der Waals surface area contributed by atoms with E-state index in [1.807, 2.05) is 30.3 Å². The van der Waals surface area contributed by atoms with E-state index < -0.39 is 0 Å². The third-order valence-electron chi connectivity index (χ3n) is 6.62. The summed E-state index contributed by atoms with van der Waals surface area (Å²) in [6.07, 6.45) is 3.20. The number of hydrogen-bond donors (Lipinski definition) is 1. The molecule has 6 rings (SSSR count). The molecule has 1 fully saturated rings. The number of anilines is 3.